The van der Waals surface area contributed by atoms with Gasteiger partial charge in [-0.2, -0.15) is 5.10 Å². The van der Waals surface area contributed by atoms with Crippen molar-refractivity contribution in [2.75, 3.05) is 11.6 Å². The van der Waals surface area contributed by atoms with Crippen molar-refractivity contribution in [3.8, 4) is 0 Å². The lowest BCUT2D eigenvalue weighted by atomic mass is 10.2. The van der Waals surface area contributed by atoms with Gasteiger partial charge in [0.15, 0.2) is 0 Å². The highest BCUT2D eigenvalue weighted by molar-refractivity contribution is 7.98. The molecule has 0 bridgehead atoms. The van der Waals surface area contributed by atoms with Crippen molar-refractivity contribution < 1.29 is 4.79 Å². The van der Waals surface area contributed by atoms with Gasteiger partial charge >= 0.3 is 0 Å². The molecule has 1 amide bonds. The van der Waals surface area contributed by atoms with Crippen molar-refractivity contribution in [2.24, 2.45) is 0 Å². The van der Waals surface area contributed by atoms with Crippen LogP contribution in [0.15, 0.2) is 76.4 Å². The normalized spacial score (nSPS) is 10.4. The zero-order chi connectivity index (χ0) is 17.6. The van der Waals surface area contributed by atoms with Crippen molar-refractivity contribution in [1.29, 1.82) is 0 Å². The first-order chi connectivity index (χ1) is 12.2. The van der Waals surface area contributed by atoms with Gasteiger partial charge in [0, 0.05) is 16.6 Å². The van der Waals surface area contributed by atoms with E-state index < -0.39 is 0 Å². The maximum Gasteiger partial charge on any atom is 0.276 e. The standard InChI is InChI=1S/C19H17N3O2S/c1-25-16-9-5-8-15(12-16)20-19(24)17-10-11-18(23)22(21-17)13-14-6-3-2-4-7-14/h2-12H,13H2,1H3,(H,20,24). The number of hydrogen-bond donors (Lipinski definition) is 1. The van der Waals surface area contributed by atoms with E-state index in [-0.39, 0.29) is 17.2 Å². The quantitative estimate of drug-likeness (QED) is 0.717. The molecule has 5 nitrogen and oxygen atoms in total. The van der Waals surface area contributed by atoms with Gasteiger partial charge in [-0.3, -0.25) is 9.59 Å². The zero-order valence-electron chi connectivity index (χ0n) is 13.7. The van der Waals surface area contributed by atoms with Gasteiger partial charge in [-0.1, -0.05) is 36.4 Å². The molecule has 6 heteroatoms. The van der Waals surface area contributed by atoms with Crippen LogP contribution in [0.2, 0.25) is 0 Å². The topological polar surface area (TPSA) is 64.0 Å². The lowest BCUT2D eigenvalue weighted by molar-refractivity contribution is 0.102. The molecule has 2 aromatic carbocycles. The first kappa shape index (κ1) is 17.0. The minimum Gasteiger partial charge on any atom is -0.321 e. The van der Waals surface area contributed by atoms with Crippen molar-refractivity contribution in [3.05, 3.63) is 88.3 Å². The van der Waals surface area contributed by atoms with E-state index >= 15 is 0 Å². The average Bonchev–Trinajstić information content (AvgIpc) is 2.64. The van der Waals surface area contributed by atoms with Crippen molar-refractivity contribution in [2.45, 2.75) is 11.4 Å². The fourth-order valence-electron chi connectivity index (χ4n) is 2.34. The van der Waals surface area contributed by atoms with E-state index in [1.165, 1.54) is 16.8 Å². The van der Waals surface area contributed by atoms with Crippen LogP contribution in [0.1, 0.15) is 16.1 Å². The Balaban J connectivity index is 1.81. The number of anilines is 1. The summed E-state index contributed by atoms with van der Waals surface area (Å²) in [6.07, 6.45) is 1.97. The fourth-order valence-corrected chi connectivity index (χ4v) is 2.80. The van der Waals surface area contributed by atoms with E-state index in [1.54, 1.807) is 11.8 Å². The highest BCUT2D eigenvalue weighted by atomic mass is 32.2. The molecule has 0 spiro atoms. The smallest absolute Gasteiger partial charge is 0.276 e. The summed E-state index contributed by atoms with van der Waals surface area (Å²) in [5, 5.41) is 7.01. The van der Waals surface area contributed by atoms with Gasteiger partial charge in [-0.05, 0) is 36.1 Å². The Morgan fingerprint density at radius 2 is 1.88 bits per heavy atom. The number of nitrogens with zero attached hydrogens (tertiary/aromatic N) is 2. The minimum absolute atomic E-state index is 0.199. The maximum atomic E-state index is 12.4. The predicted molar refractivity (Wildman–Crippen MR) is 100 cm³/mol. The van der Waals surface area contributed by atoms with Crippen LogP contribution in [0.25, 0.3) is 0 Å². The molecule has 0 fully saturated rings. The molecular weight excluding hydrogens is 334 g/mol. The van der Waals surface area contributed by atoms with Gasteiger partial charge in [-0.15, -0.1) is 11.8 Å². The minimum atomic E-state index is -0.347. The molecule has 25 heavy (non-hydrogen) atoms. The van der Waals surface area contributed by atoms with Crippen LogP contribution < -0.4 is 10.9 Å². The Morgan fingerprint density at radius 1 is 1.08 bits per heavy atom. The van der Waals surface area contributed by atoms with Crippen LogP contribution in [0.3, 0.4) is 0 Å². The molecule has 0 aliphatic heterocycles. The highest BCUT2D eigenvalue weighted by Crippen LogP contribution is 2.19. The summed E-state index contributed by atoms with van der Waals surface area (Å²) in [5.41, 5.74) is 1.59. The van der Waals surface area contributed by atoms with Crippen molar-refractivity contribution >= 4 is 23.4 Å². The maximum absolute atomic E-state index is 12.4. The molecule has 0 radical (unpaired) electrons. The van der Waals surface area contributed by atoms with Crippen LogP contribution in [-0.2, 0) is 6.54 Å². The molecular formula is C19H17N3O2S. The van der Waals surface area contributed by atoms with Crippen molar-refractivity contribution in [1.82, 2.24) is 9.78 Å². The molecule has 0 aliphatic carbocycles. The van der Waals surface area contributed by atoms with Gasteiger partial charge in [-0.25, -0.2) is 4.68 Å². The number of rotatable bonds is 5. The number of aromatic nitrogens is 2. The van der Waals surface area contributed by atoms with Crippen LogP contribution in [0.4, 0.5) is 5.69 Å². The molecule has 0 atom stereocenters. The molecule has 0 saturated heterocycles. The third-order valence-electron chi connectivity index (χ3n) is 3.60. The molecule has 3 rings (SSSR count). The first-order valence-electron chi connectivity index (χ1n) is 7.73. The zero-order valence-corrected chi connectivity index (χ0v) is 14.5. The van der Waals surface area contributed by atoms with Crippen LogP contribution >= 0.6 is 11.8 Å². The summed E-state index contributed by atoms with van der Waals surface area (Å²) in [7, 11) is 0. The van der Waals surface area contributed by atoms with E-state index in [1.807, 2.05) is 60.9 Å². The van der Waals surface area contributed by atoms with Crippen LogP contribution in [0, 0.1) is 0 Å². The average molecular weight is 351 g/mol. The Labute approximate surface area is 149 Å². The second-order valence-corrected chi connectivity index (χ2v) is 6.27. The van der Waals surface area contributed by atoms with Gasteiger partial charge in [0.1, 0.15) is 5.69 Å². The summed E-state index contributed by atoms with van der Waals surface area (Å²) in [6.45, 7) is 0.322. The lowest BCUT2D eigenvalue weighted by Crippen LogP contribution is -2.26. The lowest BCUT2D eigenvalue weighted by Gasteiger charge is -2.08. The van der Waals surface area contributed by atoms with E-state index in [4.69, 9.17) is 0 Å². The molecule has 0 unspecified atom stereocenters. The monoisotopic (exact) mass is 351 g/mol. The van der Waals surface area contributed by atoms with Gasteiger partial charge < -0.3 is 5.32 Å². The molecule has 3 aromatic rings. The van der Waals surface area contributed by atoms with Gasteiger partial charge in [0.05, 0.1) is 6.54 Å². The Morgan fingerprint density at radius 3 is 2.64 bits per heavy atom. The Kier molecular flexibility index (Phi) is 5.30. The van der Waals surface area contributed by atoms with E-state index in [0.29, 0.717) is 12.2 Å². The highest BCUT2D eigenvalue weighted by Gasteiger charge is 2.10. The second-order valence-electron chi connectivity index (χ2n) is 5.39. The van der Waals surface area contributed by atoms with E-state index in [9.17, 15) is 9.59 Å². The van der Waals surface area contributed by atoms with Crippen LogP contribution in [0.5, 0.6) is 0 Å². The summed E-state index contributed by atoms with van der Waals surface area (Å²) in [6, 6.07) is 19.9. The third-order valence-corrected chi connectivity index (χ3v) is 4.33. The number of benzene rings is 2. The number of carbonyl (C=O) groups excluding carboxylic acids is 1. The molecule has 1 N–H and O–H groups in total. The Hall–Kier alpha value is -2.86. The van der Waals surface area contributed by atoms with Crippen LogP contribution in [-0.4, -0.2) is 21.9 Å². The number of thioether (sulfide) groups is 1. The number of hydrogen-bond acceptors (Lipinski definition) is 4. The second kappa shape index (κ2) is 7.81. The number of carbonyl (C=O) groups is 1. The summed E-state index contributed by atoms with van der Waals surface area (Å²) < 4.78 is 1.29. The van der Waals surface area contributed by atoms with E-state index in [0.717, 1.165) is 10.5 Å². The summed E-state index contributed by atoms with van der Waals surface area (Å²) in [5.74, 6) is -0.347. The molecule has 0 aliphatic rings. The van der Waals surface area contributed by atoms with Crippen molar-refractivity contribution in [3.63, 3.8) is 0 Å². The molecule has 1 aromatic heterocycles. The van der Waals surface area contributed by atoms with Gasteiger partial charge in [0.2, 0.25) is 0 Å². The predicted octanol–water partition coefficient (Wildman–Crippen LogP) is 3.27. The Bertz CT molecular complexity index is 939. The largest absolute Gasteiger partial charge is 0.321 e. The van der Waals surface area contributed by atoms with Gasteiger partial charge in [0.25, 0.3) is 11.5 Å². The summed E-state index contributed by atoms with van der Waals surface area (Å²) >= 11 is 1.60. The third kappa shape index (κ3) is 4.36. The number of amides is 1. The SMILES string of the molecule is CSc1cccc(NC(=O)c2ccc(=O)n(Cc3ccccc3)n2)c1. The number of nitrogens with one attached hydrogen (secondary N) is 1. The molecule has 1 heterocycles. The van der Waals surface area contributed by atoms with E-state index in [2.05, 4.69) is 10.4 Å². The first-order valence-corrected chi connectivity index (χ1v) is 8.96. The fraction of sp³-hybridized carbons (Fsp3) is 0.105. The molecule has 0 saturated carbocycles. The molecule has 126 valence electrons. The summed E-state index contributed by atoms with van der Waals surface area (Å²) in [4.78, 5) is 25.5.